The van der Waals surface area contributed by atoms with Gasteiger partial charge in [-0.1, -0.05) is 54.6 Å². The number of benzene rings is 3. The molecular formula is C32H33N5O2. The topological polar surface area (TPSA) is 78.4 Å². The van der Waals surface area contributed by atoms with Gasteiger partial charge in [0.25, 0.3) is 0 Å². The lowest BCUT2D eigenvalue weighted by Gasteiger charge is -2.32. The summed E-state index contributed by atoms with van der Waals surface area (Å²) in [6.07, 6.45) is 4.81. The lowest BCUT2D eigenvalue weighted by atomic mass is 9.89. The number of amides is 2. The van der Waals surface area contributed by atoms with Gasteiger partial charge in [0.2, 0.25) is 11.8 Å². The monoisotopic (exact) mass is 519 g/mol. The van der Waals surface area contributed by atoms with Crippen molar-refractivity contribution in [1.29, 1.82) is 0 Å². The Balaban J connectivity index is 0.984. The van der Waals surface area contributed by atoms with Crippen LogP contribution in [0.3, 0.4) is 0 Å². The first kappa shape index (κ1) is 25.0. The predicted molar refractivity (Wildman–Crippen MR) is 154 cm³/mol. The van der Waals surface area contributed by atoms with Gasteiger partial charge < -0.3 is 15.1 Å². The minimum Gasteiger partial charge on any atom is -0.354 e. The molecule has 3 heterocycles. The zero-order chi connectivity index (χ0) is 26.6. The van der Waals surface area contributed by atoms with Gasteiger partial charge in [-0.2, -0.15) is 5.10 Å². The van der Waals surface area contributed by atoms with E-state index in [1.54, 1.807) is 6.20 Å². The van der Waals surface area contributed by atoms with Crippen LogP contribution in [0.2, 0.25) is 0 Å². The molecule has 198 valence electrons. The highest BCUT2D eigenvalue weighted by Crippen LogP contribution is 2.30. The molecule has 0 aliphatic carbocycles. The Labute approximate surface area is 228 Å². The van der Waals surface area contributed by atoms with Crippen LogP contribution in [0.4, 0.5) is 11.5 Å². The van der Waals surface area contributed by atoms with Crippen LogP contribution in [0.15, 0.2) is 85.1 Å². The van der Waals surface area contributed by atoms with Crippen LogP contribution < -0.4 is 10.2 Å². The first-order chi connectivity index (χ1) is 19.1. The molecule has 1 N–H and O–H groups in total. The summed E-state index contributed by atoms with van der Waals surface area (Å²) in [5.41, 5.74) is 3.16. The van der Waals surface area contributed by atoms with Gasteiger partial charge >= 0.3 is 0 Å². The average molecular weight is 520 g/mol. The number of nitrogens with zero attached hydrogens (tertiary/aromatic N) is 4. The van der Waals surface area contributed by atoms with Crippen LogP contribution in [0.25, 0.3) is 10.8 Å². The van der Waals surface area contributed by atoms with E-state index in [1.807, 2.05) is 41.3 Å². The van der Waals surface area contributed by atoms with Crippen LogP contribution in [-0.4, -0.2) is 53.1 Å². The summed E-state index contributed by atoms with van der Waals surface area (Å²) >= 11 is 0. The average Bonchev–Trinajstić information content (AvgIpc) is 3.49. The van der Waals surface area contributed by atoms with Gasteiger partial charge in [-0.05, 0) is 71.3 Å². The number of carbonyl (C=O) groups is 2. The highest BCUT2D eigenvalue weighted by atomic mass is 16.2. The molecule has 0 radical (unpaired) electrons. The van der Waals surface area contributed by atoms with E-state index in [1.165, 1.54) is 16.3 Å². The molecule has 2 fully saturated rings. The third kappa shape index (κ3) is 5.77. The van der Waals surface area contributed by atoms with Gasteiger partial charge in [0, 0.05) is 38.1 Å². The zero-order valence-electron chi connectivity index (χ0n) is 22.0. The minimum absolute atomic E-state index is 0.0485. The van der Waals surface area contributed by atoms with Gasteiger partial charge in [0.15, 0.2) is 5.82 Å². The fourth-order valence-electron chi connectivity index (χ4n) is 5.82. The maximum absolute atomic E-state index is 13.0. The minimum atomic E-state index is -0.0665. The third-order valence-corrected chi connectivity index (χ3v) is 8.11. The van der Waals surface area contributed by atoms with Gasteiger partial charge in [-0.3, -0.25) is 9.59 Å². The second kappa shape index (κ2) is 11.2. The molecule has 2 amide bonds. The smallest absolute Gasteiger partial charge is 0.229 e. The number of likely N-dealkylation sites (tertiary alicyclic amines) is 1. The standard InChI is InChI=1S/C32H33N5O2/c38-31(21-23-7-8-24-4-1-2-5-27(24)20-23)36-17-13-26(14-18-36)25-9-11-29(12-10-25)34-32(39)28-15-19-37(22-28)30-6-3-16-33-35-30/h1-12,16,20,26,28H,13-15,17-19,21-22H2,(H,34,39). The van der Waals surface area contributed by atoms with Crippen molar-refractivity contribution >= 4 is 34.1 Å². The van der Waals surface area contributed by atoms with E-state index in [4.69, 9.17) is 0 Å². The molecule has 2 aliphatic rings. The van der Waals surface area contributed by atoms with Crippen molar-refractivity contribution < 1.29 is 9.59 Å². The van der Waals surface area contributed by atoms with Crippen molar-refractivity contribution in [2.45, 2.75) is 31.6 Å². The molecule has 2 saturated heterocycles. The third-order valence-electron chi connectivity index (χ3n) is 8.11. The quantitative estimate of drug-likeness (QED) is 0.386. The Bertz CT molecular complexity index is 1450. The number of aromatic nitrogens is 2. The van der Waals surface area contributed by atoms with E-state index < -0.39 is 0 Å². The van der Waals surface area contributed by atoms with Crippen molar-refractivity contribution in [3.63, 3.8) is 0 Å². The largest absolute Gasteiger partial charge is 0.354 e. The first-order valence-corrected chi connectivity index (χ1v) is 13.8. The van der Waals surface area contributed by atoms with Crippen molar-refractivity contribution in [3.8, 4) is 0 Å². The number of piperidine rings is 1. The number of fused-ring (bicyclic) bond motifs is 1. The van der Waals surface area contributed by atoms with Gasteiger partial charge in [0.1, 0.15) is 0 Å². The van der Waals surface area contributed by atoms with E-state index >= 15 is 0 Å². The highest BCUT2D eigenvalue weighted by molar-refractivity contribution is 5.93. The summed E-state index contributed by atoms with van der Waals surface area (Å²) in [5.74, 6) is 1.43. The second-order valence-corrected chi connectivity index (χ2v) is 10.6. The molecule has 1 unspecified atom stereocenters. The Morgan fingerprint density at radius 3 is 2.41 bits per heavy atom. The molecule has 7 heteroatoms. The predicted octanol–water partition coefficient (Wildman–Crippen LogP) is 5.04. The lowest BCUT2D eigenvalue weighted by molar-refractivity contribution is -0.131. The van der Waals surface area contributed by atoms with Crippen LogP contribution in [0.1, 0.15) is 36.3 Å². The number of hydrogen-bond acceptors (Lipinski definition) is 5. The SMILES string of the molecule is O=C(Nc1ccc(C2CCN(C(=O)Cc3ccc4ccccc4c3)CC2)cc1)C1CCN(c2cccnn2)C1. The Morgan fingerprint density at radius 1 is 0.846 bits per heavy atom. The van der Waals surface area contributed by atoms with Crippen molar-refractivity contribution in [3.05, 3.63) is 96.2 Å². The summed E-state index contributed by atoms with van der Waals surface area (Å²) in [6, 6.07) is 26.6. The molecular weight excluding hydrogens is 486 g/mol. The summed E-state index contributed by atoms with van der Waals surface area (Å²) in [4.78, 5) is 30.0. The number of rotatable bonds is 6. The van der Waals surface area contributed by atoms with E-state index in [9.17, 15) is 9.59 Å². The van der Waals surface area contributed by atoms with Gasteiger partial charge in [-0.25, -0.2) is 0 Å². The van der Waals surface area contributed by atoms with Crippen LogP contribution >= 0.6 is 0 Å². The van der Waals surface area contributed by atoms with Crippen LogP contribution in [0.5, 0.6) is 0 Å². The number of anilines is 2. The molecule has 4 aromatic rings. The van der Waals surface area contributed by atoms with Gasteiger partial charge in [0.05, 0.1) is 12.3 Å². The van der Waals surface area contributed by atoms with E-state index in [0.29, 0.717) is 18.9 Å². The Morgan fingerprint density at radius 2 is 1.64 bits per heavy atom. The van der Waals surface area contributed by atoms with Crippen molar-refractivity contribution in [1.82, 2.24) is 15.1 Å². The number of hydrogen-bond donors (Lipinski definition) is 1. The summed E-state index contributed by atoms with van der Waals surface area (Å²) in [5, 5.41) is 13.6. The molecule has 0 bridgehead atoms. The molecule has 2 aliphatic heterocycles. The summed E-state index contributed by atoms with van der Waals surface area (Å²) < 4.78 is 0. The molecule has 1 atom stereocenters. The van der Waals surface area contributed by atoms with Gasteiger partial charge in [-0.15, -0.1) is 5.10 Å². The lowest BCUT2D eigenvalue weighted by Crippen LogP contribution is -2.38. The summed E-state index contributed by atoms with van der Waals surface area (Å²) in [7, 11) is 0. The summed E-state index contributed by atoms with van der Waals surface area (Å²) in [6.45, 7) is 3.01. The number of carbonyl (C=O) groups excluding carboxylic acids is 2. The van der Waals surface area contributed by atoms with Crippen LogP contribution in [0, 0.1) is 5.92 Å². The Kier molecular flexibility index (Phi) is 7.21. The van der Waals surface area contributed by atoms with Crippen LogP contribution in [-0.2, 0) is 16.0 Å². The highest BCUT2D eigenvalue weighted by Gasteiger charge is 2.29. The van der Waals surface area contributed by atoms with Crippen molar-refractivity contribution in [2.75, 3.05) is 36.4 Å². The van der Waals surface area contributed by atoms with E-state index in [2.05, 4.69) is 62.9 Å². The molecule has 1 aromatic heterocycles. The molecule has 3 aromatic carbocycles. The number of nitrogens with one attached hydrogen (secondary N) is 1. The second-order valence-electron chi connectivity index (χ2n) is 10.6. The molecule has 0 spiro atoms. The van der Waals surface area contributed by atoms with E-state index in [-0.39, 0.29) is 17.7 Å². The maximum atomic E-state index is 13.0. The maximum Gasteiger partial charge on any atom is 0.229 e. The van der Waals surface area contributed by atoms with Crippen molar-refractivity contribution in [2.24, 2.45) is 5.92 Å². The first-order valence-electron chi connectivity index (χ1n) is 13.8. The molecule has 6 rings (SSSR count). The molecule has 7 nitrogen and oxygen atoms in total. The van der Waals surface area contributed by atoms with E-state index in [0.717, 1.165) is 56.0 Å². The fraction of sp³-hybridized carbons (Fsp3) is 0.312. The fourth-order valence-corrected chi connectivity index (χ4v) is 5.82. The molecule has 39 heavy (non-hydrogen) atoms. The molecule has 0 saturated carbocycles. The zero-order valence-corrected chi connectivity index (χ0v) is 22.0. The normalized spacial score (nSPS) is 17.9. The Hall–Kier alpha value is -4.26.